The van der Waals surface area contributed by atoms with E-state index < -0.39 is 11.8 Å². The van der Waals surface area contributed by atoms with Gasteiger partial charge < -0.3 is 0 Å². The number of nitriles is 1. The van der Waals surface area contributed by atoms with Crippen molar-refractivity contribution in [2.45, 2.75) is 38.6 Å². The van der Waals surface area contributed by atoms with Crippen LogP contribution in [0.2, 0.25) is 0 Å². The second-order valence-electron chi connectivity index (χ2n) is 8.81. The van der Waals surface area contributed by atoms with E-state index in [9.17, 15) is 19.2 Å². The van der Waals surface area contributed by atoms with E-state index in [1.54, 1.807) is 36.0 Å². The molecule has 3 aromatic rings. The van der Waals surface area contributed by atoms with Crippen molar-refractivity contribution in [1.82, 2.24) is 14.7 Å². The molecule has 2 aliphatic rings. The zero-order valence-corrected chi connectivity index (χ0v) is 19.2. The summed E-state index contributed by atoms with van der Waals surface area (Å²) < 4.78 is 15.3. The molecule has 7 heteroatoms. The number of benzene rings is 2. The van der Waals surface area contributed by atoms with Gasteiger partial charge in [0.05, 0.1) is 11.4 Å². The van der Waals surface area contributed by atoms with E-state index in [0.29, 0.717) is 28.0 Å². The molecule has 2 aromatic carbocycles. The summed E-state index contributed by atoms with van der Waals surface area (Å²) in [6.45, 7) is 1.63. The highest BCUT2D eigenvalue weighted by atomic mass is 19.1. The average Bonchev–Trinajstić information content (AvgIpc) is 3.54. The number of hydrogen-bond donors (Lipinski definition) is 0. The molecule has 35 heavy (non-hydrogen) atoms. The molecule has 0 saturated heterocycles. The lowest BCUT2D eigenvalue weighted by Crippen LogP contribution is -2.47. The lowest BCUT2D eigenvalue weighted by atomic mass is 9.92. The van der Waals surface area contributed by atoms with Gasteiger partial charge in [-0.1, -0.05) is 31.0 Å². The third-order valence-electron chi connectivity index (χ3n) is 6.64. The first-order chi connectivity index (χ1) is 17.0. The minimum Gasteiger partial charge on any atom is -0.271 e. The predicted molar refractivity (Wildman–Crippen MR) is 129 cm³/mol. The van der Waals surface area contributed by atoms with Gasteiger partial charge in [0, 0.05) is 28.9 Å². The number of imide groups is 1. The Morgan fingerprint density at radius 1 is 1.03 bits per heavy atom. The van der Waals surface area contributed by atoms with Crippen molar-refractivity contribution in [3.63, 3.8) is 0 Å². The molecule has 174 valence electrons. The van der Waals surface area contributed by atoms with E-state index in [-0.39, 0.29) is 17.4 Å². The Balaban J connectivity index is 1.68. The normalized spacial score (nSPS) is 18.0. The molecule has 6 nitrogen and oxygen atoms in total. The molecular weight excluding hydrogens is 443 g/mol. The summed E-state index contributed by atoms with van der Waals surface area (Å²) in [5.41, 5.74) is 3.33. The first-order valence-corrected chi connectivity index (χ1v) is 11.6. The molecule has 2 amide bonds. The van der Waals surface area contributed by atoms with Gasteiger partial charge in [-0.15, -0.1) is 0 Å². The Morgan fingerprint density at radius 2 is 1.71 bits per heavy atom. The van der Waals surface area contributed by atoms with Gasteiger partial charge in [0.2, 0.25) is 0 Å². The summed E-state index contributed by atoms with van der Waals surface area (Å²) in [5, 5.41) is 14.5. The summed E-state index contributed by atoms with van der Waals surface area (Å²) >= 11 is 0. The maximum absolute atomic E-state index is 13.6. The molecule has 0 bridgehead atoms. The lowest BCUT2D eigenvalue weighted by Gasteiger charge is -2.32. The molecule has 5 rings (SSSR count). The monoisotopic (exact) mass is 466 g/mol. The van der Waals surface area contributed by atoms with E-state index in [1.807, 2.05) is 36.4 Å². The van der Waals surface area contributed by atoms with Crippen molar-refractivity contribution in [3.8, 4) is 23.0 Å². The van der Waals surface area contributed by atoms with Crippen molar-refractivity contribution in [2.75, 3.05) is 0 Å². The number of nitrogens with zero attached hydrogens (tertiary/aromatic N) is 4. The van der Waals surface area contributed by atoms with Crippen LogP contribution in [-0.4, -0.2) is 32.5 Å². The largest absolute Gasteiger partial charge is 0.271 e. The number of carbonyl (C=O) groups is 2. The first-order valence-electron chi connectivity index (χ1n) is 11.6. The van der Waals surface area contributed by atoms with Gasteiger partial charge >= 0.3 is 0 Å². The molecule has 0 radical (unpaired) electrons. The van der Waals surface area contributed by atoms with Crippen molar-refractivity contribution < 1.29 is 14.0 Å². The maximum atomic E-state index is 13.6. The van der Waals surface area contributed by atoms with Gasteiger partial charge in [-0.3, -0.25) is 14.5 Å². The number of amides is 2. The first kappa shape index (κ1) is 22.5. The van der Waals surface area contributed by atoms with Crippen molar-refractivity contribution in [1.29, 1.82) is 5.26 Å². The molecule has 2 heterocycles. The van der Waals surface area contributed by atoms with E-state index in [0.717, 1.165) is 31.4 Å². The lowest BCUT2D eigenvalue weighted by molar-refractivity contribution is -0.143. The zero-order chi connectivity index (χ0) is 24.5. The number of para-hydroxylation sites is 1. The molecule has 0 spiro atoms. The summed E-state index contributed by atoms with van der Waals surface area (Å²) in [6, 6.07) is 17.3. The summed E-state index contributed by atoms with van der Waals surface area (Å²) in [4.78, 5) is 27.9. The molecule has 1 saturated carbocycles. The Kier molecular flexibility index (Phi) is 5.87. The average molecular weight is 467 g/mol. The molecule has 1 aliphatic carbocycles. The van der Waals surface area contributed by atoms with E-state index in [2.05, 4.69) is 0 Å². The predicted octanol–water partition coefficient (Wildman–Crippen LogP) is 5.21. The highest BCUT2D eigenvalue weighted by molar-refractivity contribution is 6.20. The van der Waals surface area contributed by atoms with Crippen LogP contribution in [0.15, 0.2) is 77.5 Å². The molecule has 0 N–H and O–H groups in total. The highest BCUT2D eigenvalue weighted by Gasteiger charge is 2.40. The molecule has 1 aliphatic heterocycles. The van der Waals surface area contributed by atoms with Crippen LogP contribution in [0.4, 0.5) is 4.39 Å². The smallest absolute Gasteiger partial charge is 0.271 e. The molecule has 1 fully saturated rings. The Bertz CT molecular complexity index is 1410. The molecule has 0 unspecified atom stereocenters. The highest BCUT2D eigenvalue weighted by Crippen LogP contribution is 2.34. The van der Waals surface area contributed by atoms with Crippen LogP contribution in [0.5, 0.6) is 0 Å². The van der Waals surface area contributed by atoms with Crippen LogP contribution in [0.1, 0.15) is 38.2 Å². The fraction of sp³-hybridized carbons (Fsp3) is 0.214. The summed E-state index contributed by atoms with van der Waals surface area (Å²) in [5.74, 6) is -1.27. The van der Waals surface area contributed by atoms with E-state index in [4.69, 9.17) is 5.10 Å². The SMILES string of the molecule is CC1=C(C#N)C(=O)N(C2CCCC2)C(=O)/C1=C/c1cn(-c2ccccc2)nc1-c1ccc(F)cc1. The van der Waals surface area contributed by atoms with Crippen LogP contribution in [0.25, 0.3) is 23.0 Å². The van der Waals surface area contributed by atoms with Crippen LogP contribution < -0.4 is 0 Å². The number of aromatic nitrogens is 2. The fourth-order valence-corrected chi connectivity index (χ4v) is 4.79. The van der Waals surface area contributed by atoms with E-state index in [1.165, 1.54) is 17.0 Å². The number of halogens is 1. The minimum atomic E-state index is -0.516. The molecule has 1 aromatic heterocycles. The second kappa shape index (κ2) is 9.15. The van der Waals surface area contributed by atoms with Crippen molar-refractivity contribution in [3.05, 3.63) is 88.9 Å². The van der Waals surface area contributed by atoms with Gasteiger partial charge in [0.25, 0.3) is 11.8 Å². The Morgan fingerprint density at radius 3 is 2.37 bits per heavy atom. The number of carbonyl (C=O) groups excluding carboxylic acids is 2. The van der Waals surface area contributed by atoms with Crippen molar-refractivity contribution >= 4 is 17.9 Å². The number of hydrogen-bond acceptors (Lipinski definition) is 4. The third-order valence-corrected chi connectivity index (χ3v) is 6.64. The Hall–Kier alpha value is -4.31. The molecule has 0 atom stereocenters. The minimum absolute atomic E-state index is 0.0125. The Labute approximate surface area is 202 Å². The molecular formula is C28H23FN4O2. The van der Waals surface area contributed by atoms with Gasteiger partial charge in [-0.05, 0) is 67.8 Å². The second-order valence-corrected chi connectivity index (χ2v) is 8.81. The van der Waals surface area contributed by atoms with Crippen molar-refractivity contribution in [2.24, 2.45) is 0 Å². The van der Waals surface area contributed by atoms with Gasteiger partial charge in [-0.2, -0.15) is 10.4 Å². The zero-order valence-electron chi connectivity index (χ0n) is 19.2. The van der Waals surface area contributed by atoms with Gasteiger partial charge in [0.1, 0.15) is 17.5 Å². The third kappa shape index (κ3) is 4.08. The van der Waals surface area contributed by atoms with Crippen LogP contribution in [-0.2, 0) is 9.59 Å². The standard InChI is InChI=1S/C28H23FN4O2/c1-18-24(27(34)33(23-9-5-6-10-23)28(35)25(18)16-30)15-20-17-32(22-7-3-2-4-8-22)31-26(20)19-11-13-21(29)14-12-19/h2-4,7-8,11-15,17,23H,5-6,9-10H2,1H3/b24-15+. The van der Waals surface area contributed by atoms with Crippen LogP contribution in [0, 0.1) is 17.1 Å². The summed E-state index contributed by atoms with van der Waals surface area (Å²) in [7, 11) is 0. The fourth-order valence-electron chi connectivity index (χ4n) is 4.79. The quantitative estimate of drug-likeness (QED) is 0.390. The topological polar surface area (TPSA) is 79.0 Å². The van der Waals surface area contributed by atoms with E-state index >= 15 is 0 Å². The number of rotatable bonds is 4. The van der Waals surface area contributed by atoms with Gasteiger partial charge in [-0.25, -0.2) is 9.07 Å². The van der Waals surface area contributed by atoms with Crippen LogP contribution in [0.3, 0.4) is 0 Å². The summed E-state index contributed by atoms with van der Waals surface area (Å²) in [6.07, 6.45) is 6.87. The van der Waals surface area contributed by atoms with Gasteiger partial charge in [0.15, 0.2) is 0 Å². The van der Waals surface area contributed by atoms with Crippen LogP contribution >= 0.6 is 0 Å². The maximum Gasteiger partial charge on any atom is 0.271 e.